The minimum atomic E-state index is -5.05. The second kappa shape index (κ2) is 8.90. The van der Waals surface area contributed by atoms with Crippen LogP contribution in [-0.2, 0) is 31.5 Å². The number of aromatic nitrogens is 2. The van der Waals surface area contributed by atoms with E-state index in [0.717, 1.165) is 12.5 Å². The number of benzene rings is 1. The standard InChI is InChI=1S/C23H27F3N2O5S2/c1-5-35(32,33)17-11-15-10-16(28-20(15)27-13-17)12-22(29,23(24,25)26)14-21(2,3)18-8-6-7-9-19(18)34(4,30)31/h6-11,13,29H,5,12,14H2,1-4H3,(H,27,28). The number of hydrogen-bond donors (Lipinski definition) is 2. The van der Waals surface area contributed by atoms with Crippen molar-refractivity contribution in [2.75, 3.05) is 12.0 Å². The number of rotatable bonds is 8. The Kier molecular flexibility index (Phi) is 6.90. The van der Waals surface area contributed by atoms with Crippen LogP contribution in [0.1, 0.15) is 38.4 Å². The second-order valence-electron chi connectivity index (χ2n) is 9.34. The summed E-state index contributed by atoms with van der Waals surface area (Å²) in [6, 6.07) is 8.42. The van der Waals surface area contributed by atoms with Crippen molar-refractivity contribution in [3.05, 3.63) is 53.9 Å². The summed E-state index contributed by atoms with van der Waals surface area (Å²) < 4.78 is 91.4. The molecule has 2 heterocycles. The third kappa shape index (κ3) is 5.54. The van der Waals surface area contributed by atoms with Crippen molar-refractivity contribution in [3.63, 3.8) is 0 Å². The Morgan fingerprint density at radius 3 is 2.26 bits per heavy atom. The third-order valence-corrected chi connectivity index (χ3v) is 8.86. The highest BCUT2D eigenvalue weighted by Crippen LogP contribution is 2.44. The first kappa shape index (κ1) is 27.2. The van der Waals surface area contributed by atoms with E-state index in [2.05, 4.69) is 9.97 Å². The molecule has 2 N–H and O–H groups in total. The highest BCUT2D eigenvalue weighted by molar-refractivity contribution is 7.91. The van der Waals surface area contributed by atoms with Crippen LogP contribution in [-0.4, -0.2) is 55.7 Å². The van der Waals surface area contributed by atoms with Crippen molar-refractivity contribution >= 4 is 30.7 Å². The lowest BCUT2D eigenvalue weighted by atomic mass is 9.73. The van der Waals surface area contributed by atoms with E-state index in [9.17, 15) is 35.1 Å². The molecule has 0 aliphatic rings. The van der Waals surface area contributed by atoms with Crippen molar-refractivity contribution in [2.24, 2.45) is 0 Å². The fourth-order valence-electron chi connectivity index (χ4n) is 4.24. The molecule has 35 heavy (non-hydrogen) atoms. The van der Waals surface area contributed by atoms with Gasteiger partial charge in [-0.05, 0) is 35.6 Å². The van der Waals surface area contributed by atoms with Gasteiger partial charge in [-0.1, -0.05) is 39.0 Å². The topological polar surface area (TPSA) is 117 Å². The normalized spacial score (nSPS) is 15.3. The maximum atomic E-state index is 14.2. The molecule has 2 aromatic heterocycles. The average Bonchev–Trinajstić information content (AvgIpc) is 3.13. The molecule has 0 radical (unpaired) electrons. The lowest BCUT2D eigenvalue weighted by Gasteiger charge is -2.38. The first-order chi connectivity index (χ1) is 15.9. The van der Waals surface area contributed by atoms with Gasteiger partial charge in [-0.3, -0.25) is 0 Å². The number of nitrogens with one attached hydrogen (secondary N) is 1. The van der Waals surface area contributed by atoms with Crippen LogP contribution in [0.3, 0.4) is 0 Å². The quantitative estimate of drug-likeness (QED) is 0.454. The molecule has 0 aliphatic carbocycles. The van der Waals surface area contributed by atoms with E-state index in [0.29, 0.717) is 5.39 Å². The van der Waals surface area contributed by atoms with Gasteiger partial charge in [0.2, 0.25) is 0 Å². The van der Waals surface area contributed by atoms with Gasteiger partial charge in [0.15, 0.2) is 25.3 Å². The summed E-state index contributed by atoms with van der Waals surface area (Å²) in [5, 5.41) is 11.2. The molecule has 192 valence electrons. The highest BCUT2D eigenvalue weighted by atomic mass is 32.2. The van der Waals surface area contributed by atoms with Gasteiger partial charge < -0.3 is 10.1 Å². The van der Waals surface area contributed by atoms with Gasteiger partial charge in [-0.25, -0.2) is 21.8 Å². The maximum absolute atomic E-state index is 14.2. The van der Waals surface area contributed by atoms with Gasteiger partial charge >= 0.3 is 6.18 Å². The predicted molar refractivity (Wildman–Crippen MR) is 126 cm³/mol. The van der Waals surface area contributed by atoms with Crippen molar-refractivity contribution in [2.45, 2.75) is 60.6 Å². The first-order valence-electron chi connectivity index (χ1n) is 10.7. The average molecular weight is 533 g/mol. The Hall–Kier alpha value is -2.44. The van der Waals surface area contributed by atoms with Crippen LogP contribution in [0.4, 0.5) is 13.2 Å². The summed E-state index contributed by atoms with van der Waals surface area (Å²) in [7, 11) is -7.29. The second-order valence-corrected chi connectivity index (χ2v) is 13.6. The lowest BCUT2D eigenvalue weighted by Crippen LogP contribution is -2.51. The summed E-state index contributed by atoms with van der Waals surface area (Å²) >= 11 is 0. The van der Waals surface area contributed by atoms with Crippen LogP contribution in [0.5, 0.6) is 0 Å². The minimum Gasteiger partial charge on any atom is -0.380 e. The van der Waals surface area contributed by atoms with Crippen molar-refractivity contribution in [1.29, 1.82) is 0 Å². The largest absolute Gasteiger partial charge is 0.417 e. The molecular weight excluding hydrogens is 505 g/mol. The van der Waals surface area contributed by atoms with Crippen LogP contribution in [0, 0.1) is 0 Å². The van der Waals surface area contributed by atoms with Crippen molar-refractivity contribution in [3.8, 4) is 0 Å². The van der Waals surface area contributed by atoms with E-state index in [1.54, 1.807) is 0 Å². The number of aromatic amines is 1. The number of fused-ring (bicyclic) bond motifs is 1. The molecule has 3 aromatic rings. The van der Waals surface area contributed by atoms with Crippen LogP contribution >= 0.6 is 0 Å². The Morgan fingerprint density at radius 1 is 1.06 bits per heavy atom. The van der Waals surface area contributed by atoms with E-state index < -0.39 is 49.7 Å². The molecule has 1 atom stereocenters. The molecule has 1 unspecified atom stereocenters. The van der Waals surface area contributed by atoms with Gasteiger partial charge in [0.05, 0.1) is 15.5 Å². The Balaban J connectivity index is 2.03. The highest BCUT2D eigenvalue weighted by Gasteiger charge is 2.56. The minimum absolute atomic E-state index is 0.00516. The number of alkyl halides is 3. The zero-order valence-electron chi connectivity index (χ0n) is 19.6. The SMILES string of the molecule is CCS(=O)(=O)c1cnc2[nH]c(CC(O)(CC(C)(C)c3ccccc3S(C)(=O)=O)C(F)(F)F)cc2c1. The number of aliphatic hydroxyl groups is 1. The predicted octanol–water partition coefficient (Wildman–Crippen LogP) is 3.96. The summed E-state index contributed by atoms with van der Waals surface area (Å²) in [4.78, 5) is 6.57. The molecule has 3 rings (SSSR count). The zero-order chi connectivity index (χ0) is 26.4. The molecule has 0 saturated carbocycles. The van der Waals surface area contributed by atoms with E-state index in [4.69, 9.17) is 0 Å². The van der Waals surface area contributed by atoms with Gasteiger partial charge in [0.25, 0.3) is 0 Å². The lowest BCUT2D eigenvalue weighted by molar-refractivity contribution is -0.266. The molecule has 0 fully saturated rings. The molecule has 0 aliphatic heterocycles. The van der Waals surface area contributed by atoms with Crippen LogP contribution in [0.15, 0.2) is 52.4 Å². The number of nitrogens with zero attached hydrogens (tertiary/aromatic N) is 1. The number of halogens is 3. The molecular formula is C23H27F3N2O5S2. The fraction of sp³-hybridized carbons (Fsp3) is 0.435. The Bertz CT molecular complexity index is 1460. The van der Waals surface area contributed by atoms with Gasteiger partial charge in [-0.2, -0.15) is 13.2 Å². The molecule has 12 heteroatoms. The monoisotopic (exact) mass is 532 g/mol. The van der Waals surface area contributed by atoms with Crippen LogP contribution in [0.2, 0.25) is 0 Å². The number of hydrogen-bond acceptors (Lipinski definition) is 6. The number of pyridine rings is 1. The van der Waals surface area contributed by atoms with Crippen LogP contribution in [0.25, 0.3) is 11.0 Å². The molecule has 0 amide bonds. The molecule has 7 nitrogen and oxygen atoms in total. The summed E-state index contributed by atoms with van der Waals surface area (Å²) in [6.07, 6.45) is -4.64. The smallest absolute Gasteiger partial charge is 0.380 e. The molecule has 0 spiro atoms. The fourth-order valence-corrected chi connectivity index (χ4v) is 6.16. The van der Waals surface area contributed by atoms with Gasteiger partial charge in [0.1, 0.15) is 5.65 Å². The Morgan fingerprint density at radius 2 is 1.69 bits per heavy atom. The summed E-state index contributed by atoms with van der Waals surface area (Å²) in [6.45, 7) is 4.36. The van der Waals surface area contributed by atoms with Crippen molar-refractivity contribution < 1.29 is 35.1 Å². The Labute approximate surface area is 202 Å². The van der Waals surface area contributed by atoms with E-state index in [-0.39, 0.29) is 32.4 Å². The summed E-state index contributed by atoms with van der Waals surface area (Å²) in [5.41, 5.74) is -4.25. The van der Waals surface area contributed by atoms with Crippen molar-refractivity contribution in [1.82, 2.24) is 9.97 Å². The zero-order valence-corrected chi connectivity index (χ0v) is 21.3. The van der Waals surface area contributed by atoms with E-state index in [1.807, 2.05) is 0 Å². The number of sulfone groups is 2. The molecule has 1 aromatic carbocycles. The first-order valence-corrected chi connectivity index (χ1v) is 14.2. The van der Waals surface area contributed by atoms with Crippen LogP contribution < -0.4 is 0 Å². The summed E-state index contributed by atoms with van der Waals surface area (Å²) in [5.74, 6) is -0.157. The van der Waals surface area contributed by atoms with E-state index >= 15 is 0 Å². The van der Waals surface area contributed by atoms with E-state index in [1.165, 1.54) is 57.2 Å². The van der Waals surface area contributed by atoms with Gasteiger partial charge in [-0.15, -0.1) is 0 Å². The van der Waals surface area contributed by atoms with Gasteiger partial charge in [0, 0.05) is 30.0 Å². The third-order valence-electron chi connectivity index (χ3n) is 6.00. The molecule has 0 saturated heterocycles. The number of H-pyrrole nitrogens is 1. The molecule has 0 bridgehead atoms. The maximum Gasteiger partial charge on any atom is 0.417 e.